The lowest BCUT2D eigenvalue weighted by atomic mass is 9.68. The lowest BCUT2D eigenvalue weighted by Crippen LogP contribution is -2.34. The molecule has 0 amide bonds. The molecule has 4 rings (SSSR count). The van der Waals surface area contributed by atoms with E-state index in [1.54, 1.807) is 36.4 Å². The Labute approximate surface area is 186 Å². The van der Waals surface area contributed by atoms with Gasteiger partial charge in [0.05, 0.1) is 11.5 Å². The van der Waals surface area contributed by atoms with Gasteiger partial charge >= 0.3 is 0 Å². The average Bonchev–Trinajstić information content (AvgIpc) is 3.15. The van der Waals surface area contributed by atoms with Crippen molar-refractivity contribution in [2.45, 2.75) is 42.8 Å². The lowest BCUT2D eigenvalue weighted by molar-refractivity contribution is -0.0339. The second-order valence-corrected chi connectivity index (χ2v) is 10.9. The maximum Gasteiger partial charge on any atom is 0.193 e. The Morgan fingerprint density at radius 1 is 1.06 bits per heavy atom. The van der Waals surface area contributed by atoms with Crippen molar-refractivity contribution in [2.75, 3.05) is 19.5 Å². The van der Waals surface area contributed by atoms with Crippen LogP contribution in [0.15, 0.2) is 46.9 Å². The van der Waals surface area contributed by atoms with Crippen LogP contribution in [-0.4, -0.2) is 61.2 Å². The number of ether oxygens (including phenoxy) is 1. The standard InChI is InChI=1S/C24H26O7S/c1-24(2)18-10-14(31-12-21(27)20(26)11-25)4-6-17(18)23(28)22-16-7-5-15(32(3,29)30)8-13(16)9-19(22)24/h4-8,10,20-21,25-27H,9,11-12H2,1-3H3/t20-,21-/m1/s1. The Balaban J connectivity index is 1.69. The summed E-state index contributed by atoms with van der Waals surface area (Å²) in [4.78, 5) is 13.7. The summed E-state index contributed by atoms with van der Waals surface area (Å²) in [7, 11) is -3.35. The van der Waals surface area contributed by atoms with E-state index >= 15 is 0 Å². The number of carbonyl (C=O) groups excluding carboxylic acids is 1. The summed E-state index contributed by atoms with van der Waals surface area (Å²) in [5.74, 6) is 0.329. The molecule has 0 radical (unpaired) electrons. The molecule has 3 N–H and O–H groups in total. The van der Waals surface area contributed by atoms with Crippen molar-refractivity contribution in [3.63, 3.8) is 0 Å². The number of aliphatic hydroxyl groups is 3. The van der Waals surface area contributed by atoms with E-state index in [2.05, 4.69) is 0 Å². The second-order valence-electron chi connectivity index (χ2n) is 8.91. The Bertz CT molecular complexity index is 1240. The molecule has 0 heterocycles. The zero-order chi connectivity index (χ0) is 23.4. The van der Waals surface area contributed by atoms with Gasteiger partial charge < -0.3 is 20.1 Å². The highest BCUT2D eigenvalue weighted by atomic mass is 32.2. The van der Waals surface area contributed by atoms with Crippen LogP contribution in [0.2, 0.25) is 0 Å². The number of benzene rings is 2. The number of Topliss-reactive ketones (excluding diaryl/α,β-unsaturated/α-hetero) is 1. The molecule has 0 spiro atoms. The molecule has 2 aliphatic rings. The molecule has 2 aromatic carbocycles. The highest BCUT2D eigenvalue weighted by molar-refractivity contribution is 7.90. The van der Waals surface area contributed by atoms with Gasteiger partial charge in [-0.1, -0.05) is 19.9 Å². The fourth-order valence-corrected chi connectivity index (χ4v) is 5.14. The molecule has 0 aromatic heterocycles. The van der Waals surface area contributed by atoms with Crippen molar-refractivity contribution >= 4 is 21.2 Å². The van der Waals surface area contributed by atoms with Gasteiger partial charge in [0, 0.05) is 22.8 Å². The molecule has 7 nitrogen and oxygen atoms in total. The fraction of sp³-hybridized carbons (Fsp3) is 0.375. The van der Waals surface area contributed by atoms with E-state index in [1.807, 2.05) is 13.8 Å². The van der Waals surface area contributed by atoms with E-state index in [-0.39, 0.29) is 17.3 Å². The summed E-state index contributed by atoms with van der Waals surface area (Å²) in [6, 6.07) is 10.0. The minimum atomic E-state index is -3.35. The van der Waals surface area contributed by atoms with Crippen LogP contribution in [0, 0.1) is 0 Å². The van der Waals surface area contributed by atoms with Gasteiger partial charge in [-0.25, -0.2) is 8.42 Å². The Hall–Kier alpha value is -2.52. The van der Waals surface area contributed by atoms with Gasteiger partial charge in [-0.05, 0) is 59.0 Å². The van der Waals surface area contributed by atoms with Crippen molar-refractivity contribution in [1.29, 1.82) is 0 Å². The predicted molar refractivity (Wildman–Crippen MR) is 119 cm³/mol. The summed E-state index contributed by atoms with van der Waals surface area (Å²) < 4.78 is 29.6. The van der Waals surface area contributed by atoms with Gasteiger partial charge in [-0.3, -0.25) is 4.79 Å². The van der Waals surface area contributed by atoms with Crippen LogP contribution in [0.25, 0.3) is 5.57 Å². The molecule has 0 unspecified atom stereocenters. The van der Waals surface area contributed by atoms with Gasteiger partial charge in [-0.15, -0.1) is 0 Å². The fourth-order valence-electron chi connectivity index (χ4n) is 4.46. The molecule has 0 bridgehead atoms. The Morgan fingerprint density at radius 3 is 2.41 bits per heavy atom. The largest absolute Gasteiger partial charge is 0.491 e. The van der Waals surface area contributed by atoms with Crippen molar-refractivity contribution in [2.24, 2.45) is 0 Å². The molecular formula is C24H26O7S. The average molecular weight is 459 g/mol. The van der Waals surface area contributed by atoms with E-state index in [9.17, 15) is 23.4 Å². The number of allylic oxidation sites excluding steroid dienone is 2. The molecule has 170 valence electrons. The first kappa shape index (κ1) is 22.7. The topological polar surface area (TPSA) is 121 Å². The molecule has 8 heteroatoms. The maximum atomic E-state index is 13.4. The van der Waals surface area contributed by atoms with E-state index in [1.165, 1.54) is 6.26 Å². The highest BCUT2D eigenvalue weighted by Crippen LogP contribution is 2.50. The first-order valence-electron chi connectivity index (χ1n) is 10.3. The molecular weight excluding hydrogens is 432 g/mol. The number of hydrogen-bond acceptors (Lipinski definition) is 7. The number of aliphatic hydroxyl groups excluding tert-OH is 3. The SMILES string of the molecule is CC1(C)C2=C(C(=O)c3ccc(OC[C@@H](O)[C@H](O)CO)cc31)c1ccc(S(C)(=O)=O)cc1C2. The van der Waals surface area contributed by atoms with E-state index in [4.69, 9.17) is 9.84 Å². The van der Waals surface area contributed by atoms with Gasteiger partial charge in [0.1, 0.15) is 24.6 Å². The van der Waals surface area contributed by atoms with E-state index in [0.29, 0.717) is 23.3 Å². The summed E-state index contributed by atoms with van der Waals surface area (Å²) in [5.41, 5.74) is 3.99. The van der Waals surface area contributed by atoms with Crippen molar-refractivity contribution in [3.8, 4) is 5.75 Å². The molecule has 0 aliphatic heterocycles. The van der Waals surface area contributed by atoms with E-state index < -0.39 is 34.1 Å². The quantitative estimate of drug-likeness (QED) is 0.602. The minimum absolute atomic E-state index is 0.109. The normalized spacial score (nSPS) is 18.6. The minimum Gasteiger partial charge on any atom is -0.491 e. The van der Waals surface area contributed by atoms with Crippen molar-refractivity contribution < 1.29 is 33.3 Å². The van der Waals surface area contributed by atoms with Crippen LogP contribution >= 0.6 is 0 Å². The highest BCUT2D eigenvalue weighted by Gasteiger charge is 2.43. The monoisotopic (exact) mass is 458 g/mol. The zero-order valence-electron chi connectivity index (χ0n) is 18.1. The van der Waals surface area contributed by atoms with Crippen LogP contribution in [0.5, 0.6) is 5.75 Å². The van der Waals surface area contributed by atoms with Crippen LogP contribution in [0.4, 0.5) is 0 Å². The number of rotatable bonds is 6. The smallest absolute Gasteiger partial charge is 0.193 e. The van der Waals surface area contributed by atoms with Gasteiger partial charge in [0.2, 0.25) is 0 Å². The number of hydrogen-bond donors (Lipinski definition) is 3. The van der Waals surface area contributed by atoms with Crippen LogP contribution < -0.4 is 4.74 Å². The van der Waals surface area contributed by atoms with Gasteiger partial charge in [0.15, 0.2) is 15.6 Å². The third kappa shape index (κ3) is 3.67. The molecule has 2 aromatic rings. The predicted octanol–water partition coefficient (Wildman–Crippen LogP) is 1.67. The first-order chi connectivity index (χ1) is 14.9. The Morgan fingerprint density at radius 2 is 1.75 bits per heavy atom. The van der Waals surface area contributed by atoms with E-state index in [0.717, 1.165) is 22.3 Å². The number of ketones is 1. The van der Waals surface area contributed by atoms with Gasteiger partial charge in [-0.2, -0.15) is 0 Å². The second kappa shape index (κ2) is 7.81. The summed E-state index contributed by atoms with van der Waals surface area (Å²) in [6.07, 6.45) is -0.890. The van der Waals surface area contributed by atoms with Crippen molar-refractivity contribution in [3.05, 3.63) is 64.2 Å². The lowest BCUT2D eigenvalue weighted by Gasteiger charge is -2.34. The zero-order valence-corrected chi connectivity index (χ0v) is 18.9. The van der Waals surface area contributed by atoms with Crippen LogP contribution in [-0.2, 0) is 21.7 Å². The Kier molecular flexibility index (Phi) is 5.53. The molecule has 0 saturated carbocycles. The maximum absolute atomic E-state index is 13.4. The van der Waals surface area contributed by atoms with Gasteiger partial charge in [0.25, 0.3) is 0 Å². The molecule has 2 aliphatic carbocycles. The van der Waals surface area contributed by atoms with Crippen LogP contribution in [0.1, 0.15) is 40.9 Å². The molecule has 0 saturated heterocycles. The summed E-state index contributed by atoms with van der Waals surface area (Å²) in [6.45, 7) is 3.26. The summed E-state index contributed by atoms with van der Waals surface area (Å²) in [5, 5.41) is 28.3. The number of sulfone groups is 1. The van der Waals surface area contributed by atoms with Crippen molar-refractivity contribution in [1.82, 2.24) is 0 Å². The first-order valence-corrected chi connectivity index (χ1v) is 12.2. The summed E-state index contributed by atoms with van der Waals surface area (Å²) >= 11 is 0. The number of carbonyl (C=O) groups is 1. The third-order valence-electron chi connectivity index (χ3n) is 6.39. The molecule has 0 fully saturated rings. The number of fused-ring (bicyclic) bond motifs is 3. The third-order valence-corrected chi connectivity index (χ3v) is 7.50. The molecule has 2 atom stereocenters. The van der Waals surface area contributed by atoms with Crippen LogP contribution in [0.3, 0.4) is 0 Å². The molecule has 32 heavy (non-hydrogen) atoms.